The predicted molar refractivity (Wildman–Crippen MR) is 140 cm³/mol. The summed E-state index contributed by atoms with van der Waals surface area (Å²) in [5.41, 5.74) is 1.32. The number of hydrogen-bond donors (Lipinski definition) is 2. The van der Waals surface area contributed by atoms with Gasteiger partial charge in [0, 0.05) is 18.3 Å². The van der Waals surface area contributed by atoms with Crippen LogP contribution in [0.25, 0.3) is 10.2 Å². The first-order valence-corrected chi connectivity index (χ1v) is 13.0. The maximum Gasteiger partial charge on any atom is 0.348 e. The van der Waals surface area contributed by atoms with E-state index in [9.17, 15) is 19.2 Å². The molecule has 2 aromatic heterocycles. The number of thiophene rings is 1. The predicted octanol–water partition coefficient (Wildman–Crippen LogP) is 4.80. The summed E-state index contributed by atoms with van der Waals surface area (Å²) in [6.45, 7) is 4.96. The Bertz CT molecular complexity index is 1340. The van der Waals surface area contributed by atoms with Gasteiger partial charge < -0.3 is 15.4 Å². The van der Waals surface area contributed by atoms with E-state index in [1.807, 2.05) is 6.92 Å². The number of anilines is 2. The van der Waals surface area contributed by atoms with E-state index >= 15 is 0 Å². The second-order valence-electron chi connectivity index (χ2n) is 9.03. The molecule has 2 heterocycles. The summed E-state index contributed by atoms with van der Waals surface area (Å²) in [5.74, 6) is -0.965. The van der Waals surface area contributed by atoms with Crippen molar-refractivity contribution in [3.05, 3.63) is 51.4 Å². The molecule has 9 nitrogen and oxygen atoms in total. The van der Waals surface area contributed by atoms with Crippen LogP contribution in [0, 0.1) is 6.92 Å². The number of rotatable bonds is 7. The average molecular weight is 511 g/mol. The fraction of sp³-hybridized carbons (Fsp3) is 0.423. The highest BCUT2D eigenvalue weighted by Crippen LogP contribution is 2.30. The number of nitrogens with one attached hydrogen (secondary N) is 2. The molecule has 0 aliphatic heterocycles. The highest BCUT2D eigenvalue weighted by Gasteiger charge is 2.26. The molecule has 4 rings (SSSR count). The summed E-state index contributed by atoms with van der Waals surface area (Å²) in [4.78, 5) is 55.8. The fourth-order valence-corrected chi connectivity index (χ4v) is 5.54. The molecule has 36 heavy (non-hydrogen) atoms. The number of carbonyl (C=O) groups is 3. The Kier molecular flexibility index (Phi) is 7.83. The maximum atomic E-state index is 13.4. The third kappa shape index (κ3) is 5.48. The minimum absolute atomic E-state index is 0.0824. The van der Waals surface area contributed by atoms with Gasteiger partial charge in [-0.25, -0.2) is 9.78 Å². The van der Waals surface area contributed by atoms with Crippen molar-refractivity contribution in [2.24, 2.45) is 0 Å². The summed E-state index contributed by atoms with van der Waals surface area (Å²) in [5, 5.41) is 5.83. The van der Waals surface area contributed by atoms with E-state index in [0.29, 0.717) is 38.5 Å². The Hall–Kier alpha value is -3.53. The first kappa shape index (κ1) is 25.6. The molecule has 10 heteroatoms. The molecule has 0 bridgehead atoms. The van der Waals surface area contributed by atoms with Crippen molar-refractivity contribution in [2.45, 2.75) is 71.4 Å². The molecule has 1 saturated carbocycles. The van der Waals surface area contributed by atoms with Gasteiger partial charge in [-0.2, -0.15) is 0 Å². The molecule has 2 amide bonds. The number of ether oxygens (including phenoxy) is 1. The van der Waals surface area contributed by atoms with Crippen molar-refractivity contribution in [3.8, 4) is 0 Å². The zero-order valence-corrected chi connectivity index (χ0v) is 21.4. The molecule has 3 aromatic rings. The van der Waals surface area contributed by atoms with Crippen molar-refractivity contribution in [1.82, 2.24) is 9.55 Å². The highest BCUT2D eigenvalue weighted by molar-refractivity contribution is 7.20. The summed E-state index contributed by atoms with van der Waals surface area (Å²) >= 11 is 1.15. The van der Waals surface area contributed by atoms with E-state index < -0.39 is 12.0 Å². The van der Waals surface area contributed by atoms with Crippen LogP contribution < -0.4 is 16.2 Å². The molecular weight excluding hydrogens is 480 g/mol. The molecule has 0 spiro atoms. The second-order valence-corrected chi connectivity index (χ2v) is 10.0. The number of aromatic nitrogens is 2. The minimum Gasteiger partial charge on any atom is -0.458 e. The third-order valence-electron chi connectivity index (χ3n) is 6.39. The molecule has 2 N–H and O–H groups in total. The van der Waals surface area contributed by atoms with Crippen molar-refractivity contribution < 1.29 is 19.1 Å². The molecule has 1 aliphatic carbocycles. The van der Waals surface area contributed by atoms with E-state index in [2.05, 4.69) is 15.6 Å². The van der Waals surface area contributed by atoms with Crippen LogP contribution in [-0.2, 0) is 14.3 Å². The Labute approximate surface area is 212 Å². The standard InChI is InChI=1S/C26H30N4O5S/c1-4-20(23(32)29-18-12-10-17(11-13-18)28-16(3)31)30-14-27-24-21(25(30)33)15(2)22(36-24)26(34)35-19-8-6-5-7-9-19/h10-14,19-20H,4-9H2,1-3H3,(H,28,31)(H,29,32). The van der Waals surface area contributed by atoms with Gasteiger partial charge in [0.2, 0.25) is 11.8 Å². The molecule has 0 saturated heterocycles. The first-order chi connectivity index (χ1) is 17.3. The molecule has 0 radical (unpaired) electrons. The minimum atomic E-state index is -0.790. The van der Waals surface area contributed by atoms with Crippen LogP contribution in [0.5, 0.6) is 0 Å². The zero-order chi connectivity index (χ0) is 25.8. The Morgan fingerprint density at radius 2 is 1.75 bits per heavy atom. The number of aryl methyl sites for hydroxylation is 1. The number of amides is 2. The maximum absolute atomic E-state index is 13.4. The topological polar surface area (TPSA) is 119 Å². The van der Waals surface area contributed by atoms with E-state index in [-0.39, 0.29) is 23.5 Å². The van der Waals surface area contributed by atoms with Gasteiger partial charge in [-0.3, -0.25) is 19.0 Å². The van der Waals surface area contributed by atoms with E-state index in [4.69, 9.17) is 4.74 Å². The summed E-state index contributed by atoms with van der Waals surface area (Å²) < 4.78 is 7.03. The van der Waals surface area contributed by atoms with Crippen LogP contribution >= 0.6 is 11.3 Å². The van der Waals surface area contributed by atoms with Crippen molar-refractivity contribution in [1.29, 1.82) is 0 Å². The largest absolute Gasteiger partial charge is 0.458 e. The summed E-state index contributed by atoms with van der Waals surface area (Å²) in [6, 6.07) is 5.92. The van der Waals surface area contributed by atoms with Gasteiger partial charge in [-0.15, -0.1) is 11.3 Å². The molecule has 1 atom stereocenters. The number of esters is 1. The van der Waals surface area contributed by atoms with Crippen LogP contribution in [-0.4, -0.2) is 33.4 Å². The Morgan fingerprint density at radius 1 is 1.11 bits per heavy atom. The number of nitrogens with zero attached hydrogens (tertiary/aromatic N) is 2. The first-order valence-electron chi connectivity index (χ1n) is 12.2. The molecular formula is C26H30N4O5S. The molecule has 1 aromatic carbocycles. The van der Waals surface area contributed by atoms with Gasteiger partial charge in [0.25, 0.3) is 5.56 Å². The van der Waals surface area contributed by atoms with Gasteiger partial charge >= 0.3 is 5.97 Å². The fourth-order valence-electron chi connectivity index (χ4n) is 4.52. The summed E-state index contributed by atoms with van der Waals surface area (Å²) in [7, 11) is 0. The van der Waals surface area contributed by atoms with Crippen LogP contribution in [0.4, 0.5) is 11.4 Å². The van der Waals surface area contributed by atoms with Crippen LogP contribution in [0.1, 0.15) is 73.6 Å². The molecule has 1 unspecified atom stereocenters. The Morgan fingerprint density at radius 3 is 2.36 bits per heavy atom. The number of carbonyl (C=O) groups excluding carboxylic acids is 3. The lowest BCUT2D eigenvalue weighted by Crippen LogP contribution is -2.33. The number of fused-ring (bicyclic) bond motifs is 1. The van der Waals surface area contributed by atoms with Crippen LogP contribution in [0.15, 0.2) is 35.4 Å². The second kappa shape index (κ2) is 11.0. The highest BCUT2D eigenvalue weighted by atomic mass is 32.1. The normalized spacial score (nSPS) is 14.9. The monoisotopic (exact) mass is 510 g/mol. The van der Waals surface area contributed by atoms with Crippen molar-refractivity contribution in [2.75, 3.05) is 10.6 Å². The van der Waals surface area contributed by atoms with E-state index in [1.54, 1.807) is 31.2 Å². The zero-order valence-electron chi connectivity index (χ0n) is 20.6. The van der Waals surface area contributed by atoms with Crippen molar-refractivity contribution >= 4 is 50.7 Å². The van der Waals surface area contributed by atoms with Crippen molar-refractivity contribution in [3.63, 3.8) is 0 Å². The SMILES string of the molecule is CCC(C(=O)Nc1ccc(NC(C)=O)cc1)n1cnc2sc(C(=O)OC3CCCCC3)c(C)c2c1=O. The van der Waals surface area contributed by atoms with Crippen LogP contribution in [0.3, 0.4) is 0 Å². The summed E-state index contributed by atoms with van der Waals surface area (Å²) in [6.07, 6.45) is 6.64. The van der Waals surface area contributed by atoms with Crippen LogP contribution in [0.2, 0.25) is 0 Å². The molecule has 1 fully saturated rings. The number of benzene rings is 1. The molecule has 190 valence electrons. The third-order valence-corrected chi connectivity index (χ3v) is 7.57. The van der Waals surface area contributed by atoms with Gasteiger partial charge in [0.15, 0.2) is 0 Å². The quantitative estimate of drug-likeness (QED) is 0.441. The average Bonchev–Trinajstić information content (AvgIpc) is 3.19. The van der Waals surface area contributed by atoms with Gasteiger partial charge in [-0.05, 0) is 68.9 Å². The number of hydrogen-bond acceptors (Lipinski definition) is 7. The molecule has 1 aliphatic rings. The van der Waals surface area contributed by atoms with Gasteiger partial charge in [0.05, 0.1) is 11.7 Å². The lowest BCUT2D eigenvalue weighted by Gasteiger charge is -2.21. The smallest absolute Gasteiger partial charge is 0.348 e. The van der Waals surface area contributed by atoms with Gasteiger partial charge in [-0.1, -0.05) is 13.3 Å². The van der Waals surface area contributed by atoms with E-state index in [1.165, 1.54) is 17.8 Å². The lowest BCUT2D eigenvalue weighted by atomic mass is 9.98. The van der Waals surface area contributed by atoms with E-state index in [0.717, 1.165) is 43.4 Å². The van der Waals surface area contributed by atoms with Gasteiger partial charge in [0.1, 0.15) is 21.9 Å². The Balaban J connectivity index is 1.56. The lowest BCUT2D eigenvalue weighted by molar-refractivity contribution is -0.119.